The van der Waals surface area contributed by atoms with E-state index in [9.17, 15) is 4.79 Å². The van der Waals surface area contributed by atoms with Gasteiger partial charge in [-0.05, 0) is 81.8 Å². The summed E-state index contributed by atoms with van der Waals surface area (Å²) >= 11 is 3.55. The Hall–Kier alpha value is -2.54. The van der Waals surface area contributed by atoms with Crippen LogP contribution in [0.1, 0.15) is 34.7 Å². The number of benzene rings is 3. The molecule has 0 saturated carbocycles. The lowest BCUT2D eigenvalue weighted by Gasteiger charge is -2.18. The molecule has 0 aliphatic carbocycles. The molecule has 0 fully saturated rings. The number of ether oxygens (including phenoxy) is 1. The summed E-state index contributed by atoms with van der Waals surface area (Å²) in [6, 6.07) is 20.9. The van der Waals surface area contributed by atoms with Crippen LogP contribution in [-0.2, 0) is 27.5 Å². The third-order valence-electron chi connectivity index (χ3n) is 5.46. The molecule has 0 heterocycles. The standard InChI is InChI=1S/C27H25FI2N2O4/c1-17-9-8-12-22(25(32-35-4)26(33)34-3)23(17)16-36-31-18(2)21-14-13-20(15-24(21)27(28,29)30)19-10-6-5-7-11-19/h5-15H,16H2,1-4H3/b31-18+,32-25+. The average Bonchev–Trinajstić information content (AvgIpc) is 2.87. The van der Waals surface area contributed by atoms with Crippen molar-refractivity contribution in [3.63, 3.8) is 0 Å². The minimum Gasteiger partial charge on any atom is -0.464 e. The van der Waals surface area contributed by atoms with Gasteiger partial charge in [-0.15, -0.1) is 0 Å². The van der Waals surface area contributed by atoms with Crippen LogP contribution < -0.4 is 0 Å². The Morgan fingerprint density at radius 1 is 0.944 bits per heavy atom. The average molecular weight is 714 g/mol. The summed E-state index contributed by atoms with van der Waals surface area (Å²) in [6.07, 6.45) is 0. The first kappa shape index (κ1) is 28.0. The van der Waals surface area contributed by atoms with Gasteiger partial charge in [0.25, 0.3) is 0 Å². The fourth-order valence-electron chi connectivity index (χ4n) is 3.65. The summed E-state index contributed by atoms with van der Waals surface area (Å²) in [5, 5.41) is 8.11. The lowest BCUT2D eigenvalue weighted by atomic mass is 9.97. The number of oxime groups is 2. The lowest BCUT2D eigenvalue weighted by molar-refractivity contribution is -0.132. The van der Waals surface area contributed by atoms with E-state index < -0.39 is 7.65 Å². The Kier molecular flexibility index (Phi) is 9.83. The fourth-order valence-corrected chi connectivity index (χ4v) is 4.54. The van der Waals surface area contributed by atoms with Crippen LogP contribution in [0.25, 0.3) is 11.1 Å². The van der Waals surface area contributed by atoms with Crippen LogP contribution in [-0.4, -0.2) is 31.6 Å². The van der Waals surface area contributed by atoms with Crippen molar-refractivity contribution < 1.29 is 23.6 Å². The van der Waals surface area contributed by atoms with Crippen LogP contribution in [0.3, 0.4) is 0 Å². The highest BCUT2D eigenvalue weighted by Gasteiger charge is 2.28. The minimum absolute atomic E-state index is 0.0267. The molecule has 188 valence electrons. The Morgan fingerprint density at radius 2 is 1.67 bits per heavy atom. The summed E-state index contributed by atoms with van der Waals surface area (Å²) in [7, 11) is 2.63. The molecule has 6 nitrogen and oxygen atoms in total. The Morgan fingerprint density at radius 3 is 2.31 bits per heavy atom. The number of carbonyl (C=O) groups is 1. The molecule has 9 heteroatoms. The minimum atomic E-state index is -1.65. The number of nitrogens with zero attached hydrogens (tertiary/aromatic N) is 2. The zero-order valence-electron chi connectivity index (χ0n) is 20.2. The van der Waals surface area contributed by atoms with Gasteiger partial charge in [0.15, 0.2) is 5.71 Å². The van der Waals surface area contributed by atoms with E-state index >= 15 is 4.39 Å². The van der Waals surface area contributed by atoms with Gasteiger partial charge in [-0.1, -0.05) is 71.0 Å². The van der Waals surface area contributed by atoms with E-state index in [4.69, 9.17) is 14.4 Å². The topological polar surface area (TPSA) is 69.5 Å². The number of halogens is 3. The second-order valence-electron chi connectivity index (χ2n) is 7.79. The number of hydrogen-bond donors (Lipinski definition) is 0. The largest absolute Gasteiger partial charge is 0.464 e. The van der Waals surface area contributed by atoms with Gasteiger partial charge >= 0.3 is 5.97 Å². The first-order valence-electron chi connectivity index (χ1n) is 10.9. The van der Waals surface area contributed by atoms with Gasteiger partial charge in [0, 0.05) is 22.3 Å². The third-order valence-corrected chi connectivity index (χ3v) is 6.62. The molecular formula is C27H25FI2N2O4. The molecule has 0 unspecified atom stereocenters. The molecule has 3 rings (SSSR count). The van der Waals surface area contributed by atoms with Crippen LogP contribution in [0.15, 0.2) is 77.0 Å². The molecule has 0 radical (unpaired) electrons. The zero-order valence-corrected chi connectivity index (χ0v) is 24.5. The van der Waals surface area contributed by atoms with Crippen LogP contribution in [0, 0.1) is 6.92 Å². The molecule has 0 aromatic heterocycles. The molecule has 0 saturated heterocycles. The smallest absolute Gasteiger partial charge is 0.360 e. The number of methoxy groups -OCH3 is 1. The maximum absolute atomic E-state index is 15.2. The van der Waals surface area contributed by atoms with E-state index in [1.54, 1.807) is 64.2 Å². The number of rotatable bonds is 9. The molecule has 3 aromatic carbocycles. The van der Waals surface area contributed by atoms with Crippen molar-refractivity contribution in [1.29, 1.82) is 0 Å². The molecule has 0 amide bonds. The van der Waals surface area contributed by atoms with E-state index in [2.05, 4.69) is 10.3 Å². The van der Waals surface area contributed by atoms with Crippen molar-refractivity contribution in [3.8, 4) is 11.1 Å². The molecule has 0 bridgehead atoms. The third kappa shape index (κ3) is 6.81. The summed E-state index contributed by atoms with van der Waals surface area (Å²) < 4.78 is 18.4. The molecule has 0 aliphatic rings. The van der Waals surface area contributed by atoms with Crippen molar-refractivity contribution in [2.24, 2.45) is 10.3 Å². The first-order chi connectivity index (χ1) is 17.2. The number of carbonyl (C=O) groups excluding carboxylic acids is 1. The fraction of sp³-hybridized carbons (Fsp3) is 0.222. The summed E-state index contributed by atoms with van der Waals surface area (Å²) in [6.45, 7) is 3.72. The van der Waals surface area contributed by atoms with Gasteiger partial charge in [-0.3, -0.25) is 0 Å². The lowest BCUT2D eigenvalue weighted by Crippen LogP contribution is -2.20. The van der Waals surface area contributed by atoms with Crippen LogP contribution in [0.5, 0.6) is 0 Å². The molecule has 0 aliphatic heterocycles. The summed E-state index contributed by atoms with van der Waals surface area (Å²) in [4.78, 5) is 22.8. The highest BCUT2D eigenvalue weighted by molar-refractivity contribution is 14.2. The quantitative estimate of drug-likeness (QED) is 0.0782. The molecule has 0 atom stereocenters. The monoisotopic (exact) mass is 714 g/mol. The molecule has 36 heavy (non-hydrogen) atoms. The Labute approximate surface area is 237 Å². The van der Waals surface area contributed by atoms with E-state index in [-0.39, 0.29) is 12.3 Å². The van der Waals surface area contributed by atoms with Gasteiger partial charge in [0.1, 0.15) is 13.7 Å². The number of alkyl halides is 3. The van der Waals surface area contributed by atoms with E-state index in [0.29, 0.717) is 28.0 Å². The first-order valence-corrected chi connectivity index (χ1v) is 13.0. The predicted octanol–water partition coefficient (Wildman–Crippen LogP) is 7.08. The summed E-state index contributed by atoms with van der Waals surface area (Å²) in [5.41, 5.74) is 5.70. The molecular weight excluding hydrogens is 689 g/mol. The van der Waals surface area contributed by atoms with E-state index in [1.165, 1.54) is 14.2 Å². The van der Waals surface area contributed by atoms with Gasteiger partial charge in [0.05, 0.1) is 12.8 Å². The second-order valence-corrected chi connectivity index (χ2v) is 12.8. The van der Waals surface area contributed by atoms with Gasteiger partial charge < -0.3 is 14.4 Å². The van der Waals surface area contributed by atoms with Crippen LogP contribution in [0.2, 0.25) is 0 Å². The molecule has 0 spiro atoms. The molecule has 0 N–H and O–H groups in total. The van der Waals surface area contributed by atoms with Crippen molar-refractivity contribution in [2.45, 2.75) is 22.1 Å². The normalized spacial score (nSPS) is 12.3. The van der Waals surface area contributed by atoms with Gasteiger partial charge in [-0.2, -0.15) is 0 Å². The number of hydrogen-bond acceptors (Lipinski definition) is 6. The van der Waals surface area contributed by atoms with Crippen molar-refractivity contribution in [3.05, 3.63) is 94.5 Å². The SMILES string of the molecule is CO/N=C(/C(=O)OC)c1cccc(C)c1CO/N=C(\C)c1ccc(-c2ccccc2)cc1C(F)(I)I. The maximum atomic E-state index is 15.2. The van der Waals surface area contributed by atoms with E-state index in [0.717, 1.165) is 16.7 Å². The van der Waals surface area contributed by atoms with Crippen LogP contribution in [0.4, 0.5) is 4.39 Å². The maximum Gasteiger partial charge on any atom is 0.360 e. The highest BCUT2D eigenvalue weighted by Crippen LogP contribution is 2.44. The zero-order chi connectivity index (χ0) is 26.3. The van der Waals surface area contributed by atoms with Crippen molar-refractivity contribution in [1.82, 2.24) is 0 Å². The van der Waals surface area contributed by atoms with E-state index in [1.807, 2.05) is 61.5 Å². The van der Waals surface area contributed by atoms with Crippen molar-refractivity contribution >= 4 is 62.6 Å². The van der Waals surface area contributed by atoms with Gasteiger partial charge in [-0.25, -0.2) is 9.18 Å². The molecule has 3 aromatic rings. The van der Waals surface area contributed by atoms with Crippen LogP contribution >= 0.6 is 45.2 Å². The predicted molar refractivity (Wildman–Crippen MR) is 156 cm³/mol. The summed E-state index contributed by atoms with van der Waals surface area (Å²) in [5.74, 6) is -0.630. The van der Waals surface area contributed by atoms with Gasteiger partial charge in [0.2, 0.25) is 1.68 Å². The Bertz CT molecular complexity index is 1290. The highest BCUT2D eigenvalue weighted by atomic mass is 127. The van der Waals surface area contributed by atoms with Crippen molar-refractivity contribution in [2.75, 3.05) is 14.2 Å². The Balaban J connectivity index is 1.92. The number of aryl methyl sites for hydroxylation is 1. The number of esters is 1. The second kappa shape index (κ2) is 12.6.